The Morgan fingerprint density at radius 3 is 2.59 bits per heavy atom. The fraction of sp³-hybridized carbons (Fsp3) is 0.273. The van der Waals surface area contributed by atoms with Crippen molar-refractivity contribution in [2.24, 2.45) is 0 Å². The number of carbonyl (C=O) groups is 2. The van der Waals surface area contributed by atoms with Gasteiger partial charge in [-0.05, 0) is 26.0 Å². The zero-order valence-electron chi connectivity index (χ0n) is 9.36. The van der Waals surface area contributed by atoms with E-state index in [1.54, 1.807) is 13.8 Å². The summed E-state index contributed by atoms with van der Waals surface area (Å²) in [7, 11) is 0. The number of carboxylic acid groups (broad SMARTS) is 1. The maximum atomic E-state index is 11.4. The van der Waals surface area contributed by atoms with Crippen LogP contribution in [0.5, 0.6) is 0 Å². The Balaban J connectivity index is 2.97. The van der Waals surface area contributed by atoms with Gasteiger partial charge in [0.05, 0.1) is 22.4 Å². The monoisotopic (exact) mass is 257 g/mol. The van der Waals surface area contributed by atoms with Crippen molar-refractivity contribution in [2.45, 2.75) is 20.0 Å². The molecule has 2 N–H and O–H groups in total. The molecule has 0 aliphatic rings. The summed E-state index contributed by atoms with van der Waals surface area (Å²) < 4.78 is 4.84. The van der Waals surface area contributed by atoms with Crippen LogP contribution in [0, 0.1) is 0 Å². The molecule has 0 aromatic heterocycles. The third-order valence-electron chi connectivity index (χ3n) is 1.81. The molecule has 0 saturated heterocycles. The molecule has 5 nitrogen and oxygen atoms in total. The van der Waals surface area contributed by atoms with Gasteiger partial charge in [0.25, 0.3) is 0 Å². The molecule has 0 atom stereocenters. The average molecular weight is 258 g/mol. The first-order valence-electron chi connectivity index (χ1n) is 4.91. The molecule has 1 amide bonds. The van der Waals surface area contributed by atoms with Crippen LogP contribution in [0.1, 0.15) is 24.2 Å². The molecule has 0 heterocycles. The van der Waals surface area contributed by atoms with Crippen molar-refractivity contribution in [3.63, 3.8) is 0 Å². The van der Waals surface area contributed by atoms with E-state index in [0.717, 1.165) is 0 Å². The Hall–Kier alpha value is -1.75. The number of amides is 1. The van der Waals surface area contributed by atoms with Crippen molar-refractivity contribution in [3.05, 3.63) is 28.8 Å². The number of ether oxygens (including phenoxy) is 1. The first-order valence-corrected chi connectivity index (χ1v) is 5.29. The van der Waals surface area contributed by atoms with Crippen molar-refractivity contribution in [1.82, 2.24) is 0 Å². The standard InChI is InChI=1S/C11H12ClNO4/c1-6(2)17-11(16)13-9-7(10(14)15)4-3-5-8(9)12/h3-6H,1-2H3,(H,13,16)(H,14,15). The van der Waals surface area contributed by atoms with E-state index >= 15 is 0 Å². The summed E-state index contributed by atoms with van der Waals surface area (Å²) in [5.41, 5.74) is -0.0504. The summed E-state index contributed by atoms with van der Waals surface area (Å²) in [4.78, 5) is 22.3. The minimum Gasteiger partial charge on any atom is -0.478 e. The Morgan fingerprint density at radius 1 is 1.41 bits per heavy atom. The van der Waals surface area contributed by atoms with E-state index in [4.69, 9.17) is 21.4 Å². The van der Waals surface area contributed by atoms with Crippen LogP contribution in [0.25, 0.3) is 0 Å². The highest BCUT2D eigenvalue weighted by molar-refractivity contribution is 6.34. The lowest BCUT2D eigenvalue weighted by molar-refractivity contribution is 0.0698. The zero-order chi connectivity index (χ0) is 13.0. The summed E-state index contributed by atoms with van der Waals surface area (Å²) in [5, 5.41) is 11.4. The molecule has 0 aliphatic heterocycles. The Labute approximate surface area is 103 Å². The summed E-state index contributed by atoms with van der Waals surface area (Å²) in [6, 6.07) is 4.32. The molecule has 0 radical (unpaired) electrons. The second kappa shape index (κ2) is 5.54. The van der Waals surface area contributed by atoms with Crippen LogP contribution in [0.3, 0.4) is 0 Å². The topological polar surface area (TPSA) is 75.6 Å². The molecular formula is C11H12ClNO4. The SMILES string of the molecule is CC(C)OC(=O)Nc1c(Cl)cccc1C(=O)O. The van der Waals surface area contributed by atoms with Gasteiger partial charge in [-0.25, -0.2) is 9.59 Å². The minimum atomic E-state index is -1.17. The highest BCUT2D eigenvalue weighted by atomic mass is 35.5. The second-order valence-electron chi connectivity index (χ2n) is 3.55. The quantitative estimate of drug-likeness (QED) is 0.873. The molecular weight excluding hydrogens is 246 g/mol. The van der Waals surface area contributed by atoms with Crippen molar-refractivity contribution in [3.8, 4) is 0 Å². The van der Waals surface area contributed by atoms with Crippen molar-refractivity contribution in [1.29, 1.82) is 0 Å². The molecule has 0 saturated carbocycles. The number of hydrogen-bond donors (Lipinski definition) is 2. The first kappa shape index (κ1) is 13.3. The van der Waals surface area contributed by atoms with Gasteiger partial charge in [0.1, 0.15) is 0 Å². The molecule has 0 spiro atoms. The van der Waals surface area contributed by atoms with Crippen molar-refractivity contribution >= 4 is 29.4 Å². The van der Waals surface area contributed by atoms with E-state index in [1.165, 1.54) is 18.2 Å². The van der Waals surface area contributed by atoms with E-state index < -0.39 is 12.1 Å². The van der Waals surface area contributed by atoms with Gasteiger partial charge in [-0.2, -0.15) is 0 Å². The smallest absolute Gasteiger partial charge is 0.411 e. The van der Waals surface area contributed by atoms with Crippen LogP contribution in [0.15, 0.2) is 18.2 Å². The number of benzene rings is 1. The lowest BCUT2D eigenvalue weighted by Gasteiger charge is -2.12. The largest absolute Gasteiger partial charge is 0.478 e. The maximum absolute atomic E-state index is 11.4. The van der Waals surface area contributed by atoms with E-state index in [1.807, 2.05) is 0 Å². The van der Waals surface area contributed by atoms with Crippen LogP contribution in [-0.2, 0) is 4.74 Å². The molecule has 0 fully saturated rings. The first-order chi connectivity index (χ1) is 7.91. The molecule has 0 bridgehead atoms. The molecule has 92 valence electrons. The highest BCUT2D eigenvalue weighted by Gasteiger charge is 2.16. The fourth-order valence-electron chi connectivity index (χ4n) is 1.18. The second-order valence-corrected chi connectivity index (χ2v) is 3.95. The number of hydrogen-bond acceptors (Lipinski definition) is 3. The number of nitrogens with one attached hydrogen (secondary N) is 1. The van der Waals surface area contributed by atoms with Gasteiger partial charge in [0.2, 0.25) is 0 Å². The van der Waals surface area contributed by atoms with E-state index in [0.29, 0.717) is 0 Å². The third kappa shape index (κ3) is 3.64. The normalized spacial score (nSPS) is 10.1. The Morgan fingerprint density at radius 2 is 2.06 bits per heavy atom. The van der Waals surface area contributed by atoms with Gasteiger partial charge in [-0.3, -0.25) is 5.32 Å². The van der Waals surface area contributed by atoms with E-state index in [2.05, 4.69) is 5.32 Å². The summed E-state index contributed by atoms with van der Waals surface area (Å²) in [6.07, 6.45) is -1.04. The van der Waals surface area contributed by atoms with Crippen LogP contribution < -0.4 is 5.32 Å². The van der Waals surface area contributed by atoms with Crippen molar-refractivity contribution < 1.29 is 19.4 Å². The van der Waals surface area contributed by atoms with Gasteiger partial charge in [0.15, 0.2) is 0 Å². The number of anilines is 1. The van der Waals surface area contributed by atoms with Gasteiger partial charge in [-0.1, -0.05) is 17.7 Å². The Bertz CT molecular complexity index is 445. The zero-order valence-corrected chi connectivity index (χ0v) is 10.1. The summed E-state index contributed by atoms with van der Waals surface area (Å²) >= 11 is 5.82. The number of carbonyl (C=O) groups excluding carboxylic acids is 1. The lowest BCUT2D eigenvalue weighted by Crippen LogP contribution is -2.19. The Kier molecular flexibility index (Phi) is 4.34. The number of carboxylic acids is 1. The molecule has 1 aromatic rings. The number of rotatable bonds is 3. The van der Waals surface area contributed by atoms with Gasteiger partial charge in [0, 0.05) is 0 Å². The minimum absolute atomic E-state index is 0.0346. The molecule has 1 aromatic carbocycles. The van der Waals surface area contributed by atoms with Crippen LogP contribution in [0.4, 0.5) is 10.5 Å². The van der Waals surface area contributed by atoms with Crippen LogP contribution >= 0.6 is 11.6 Å². The molecule has 0 unspecified atom stereocenters. The van der Waals surface area contributed by atoms with E-state index in [9.17, 15) is 9.59 Å². The predicted molar refractivity (Wildman–Crippen MR) is 63.7 cm³/mol. The number of aromatic carboxylic acids is 1. The molecule has 6 heteroatoms. The molecule has 0 aliphatic carbocycles. The fourth-order valence-corrected chi connectivity index (χ4v) is 1.40. The lowest BCUT2D eigenvalue weighted by atomic mass is 10.2. The van der Waals surface area contributed by atoms with E-state index in [-0.39, 0.29) is 22.4 Å². The number of halogens is 1. The molecule has 1 rings (SSSR count). The maximum Gasteiger partial charge on any atom is 0.411 e. The molecule has 17 heavy (non-hydrogen) atoms. The number of para-hydroxylation sites is 1. The van der Waals surface area contributed by atoms with Gasteiger partial charge in [-0.15, -0.1) is 0 Å². The summed E-state index contributed by atoms with van der Waals surface area (Å²) in [5.74, 6) is -1.17. The third-order valence-corrected chi connectivity index (χ3v) is 2.13. The van der Waals surface area contributed by atoms with Gasteiger partial charge >= 0.3 is 12.1 Å². The predicted octanol–water partition coefficient (Wildman–Crippen LogP) is 3.00. The van der Waals surface area contributed by atoms with Gasteiger partial charge < -0.3 is 9.84 Å². The van der Waals surface area contributed by atoms with Crippen LogP contribution in [-0.4, -0.2) is 23.3 Å². The highest BCUT2D eigenvalue weighted by Crippen LogP contribution is 2.26. The van der Waals surface area contributed by atoms with Crippen molar-refractivity contribution in [2.75, 3.05) is 5.32 Å². The summed E-state index contributed by atoms with van der Waals surface area (Å²) in [6.45, 7) is 3.37. The van der Waals surface area contributed by atoms with Crippen LogP contribution in [0.2, 0.25) is 5.02 Å². The average Bonchev–Trinajstić information content (AvgIpc) is 2.19.